The first-order valence-corrected chi connectivity index (χ1v) is 6.82. The SMILES string of the molecule is CCCCN(CCCC)CCNC1CC1. The van der Waals surface area contributed by atoms with E-state index in [-0.39, 0.29) is 0 Å². The molecule has 1 N–H and O–H groups in total. The van der Waals surface area contributed by atoms with Gasteiger partial charge in [-0.25, -0.2) is 0 Å². The molecule has 0 amide bonds. The molecule has 2 heteroatoms. The van der Waals surface area contributed by atoms with E-state index in [0.717, 1.165) is 6.04 Å². The van der Waals surface area contributed by atoms with Crippen molar-refractivity contribution in [1.82, 2.24) is 10.2 Å². The summed E-state index contributed by atoms with van der Waals surface area (Å²) < 4.78 is 0. The van der Waals surface area contributed by atoms with Crippen LogP contribution in [0.25, 0.3) is 0 Å². The van der Waals surface area contributed by atoms with Gasteiger partial charge >= 0.3 is 0 Å². The largest absolute Gasteiger partial charge is 0.313 e. The Morgan fingerprint density at radius 3 is 2.07 bits per heavy atom. The molecule has 2 nitrogen and oxygen atoms in total. The quantitative estimate of drug-likeness (QED) is 0.599. The van der Waals surface area contributed by atoms with Gasteiger partial charge in [-0.1, -0.05) is 26.7 Å². The Bertz CT molecular complexity index is 135. The van der Waals surface area contributed by atoms with Gasteiger partial charge in [0.25, 0.3) is 0 Å². The minimum Gasteiger partial charge on any atom is -0.313 e. The molecule has 1 saturated carbocycles. The molecule has 0 saturated heterocycles. The number of unbranched alkanes of at least 4 members (excludes halogenated alkanes) is 2. The van der Waals surface area contributed by atoms with Gasteiger partial charge in [0.2, 0.25) is 0 Å². The van der Waals surface area contributed by atoms with Crippen molar-refractivity contribution in [3.8, 4) is 0 Å². The van der Waals surface area contributed by atoms with Crippen molar-refractivity contribution in [2.75, 3.05) is 26.2 Å². The summed E-state index contributed by atoms with van der Waals surface area (Å²) in [7, 11) is 0. The third kappa shape index (κ3) is 6.91. The van der Waals surface area contributed by atoms with E-state index in [9.17, 15) is 0 Å². The molecule has 1 fully saturated rings. The van der Waals surface area contributed by atoms with Crippen LogP contribution in [0.2, 0.25) is 0 Å². The molecule has 0 aromatic carbocycles. The lowest BCUT2D eigenvalue weighted by Crippen LogP contribution is -2.34. The van der Waals surface area contributed by atoms with E-state index in [4.69, 9.17) is 0 Å². The number of hydrogen-bond donors (Lipinski definition) is 1. The number of nitrogens with one attached hydrogen (secondary N) is 1. The van der Waals surface area contributed by atoms with Crippen LogP contribution in [0.1, 0.15) is 52.4 Å². The van der Waals surface area contributed by atoms with Gasteiger partial charge in [-0.05, 0) is 38.8 Å². The summed E-state index contributed by atoms with van der Waals surface area (Å²) in [5.74, 6) is 0. The van der Waals surface area contributed by atoms with E-state index in [1.807, 2.05) is 0 Å². The fourth-order valence-corrected chi connectivity index (χ4v) is 1.81. The lowest BCUT2D eigenvalue weighted by atomic mass is 10.2. The topological polar surface area (TPSA) is 15.3 Å². The van der Waals surface area contributed by atoms with Crippen molar-refractivity contribution in [2.24, 2.45) is 0 Å². The lowest BCUT2D eigenvalue weighted by Gasteiger charge is -2.22. The standard InChI is InChI=1S/C13H28N2/c1-3-5-10-15(11-6-4-2)12-9-14-13-7-8-13/h13-14H,3-12H2,1-2H3. The highest BCUT2D eigenvalue weighted by molar-refractivity contribution is 4.81. The Kier molecular flexibility index (Phi) is 7.03. The summed E-state index contributed by atoms with van der Waals surface area (Å²) in [6.07, 6.45) is 8.16. The maximum atomic E-state index is 3.60. The first-order valence-electron chi connectivity index (χ1n) is 6.82. The molecule has 0 aromatic rings. The molecule has 0 spiro atoms. The summed E-state index contributed by atoms with van der Waals surface area (Å²) in [6.45, 7) is 9.58. The molecule has 15 heavy (non-hydrogen) atoms. The fourth-order valence-electron chi connectivity index (χ4n) is 1.81. The Labute approximate surface area is 95.4 Å². The molecule has 0 atom stereocenters. The first kappa shape index (κ1) is 13.0. The van der Waals surface area contributed by atoms with E-state index in [1.165, 1.54) is 64.7 Å². The second-order valence-corrected chi connectivity index (χ2v) is 4.78. The number of rotatable bonds is 10. The van der Waals surface area contributed by atoms with Gasteiger partial charge in [0.1, 0.15) is 0 Å². The third-order valence-corrected chi connectivity index (χ3v) is 3.09. The minimum atomic E-state index is 0.865. The Hall–Kier alpha value is -0.0800. The van der Waals surface area contributed by atoms with E-state index in [1.54, 1.807) is 0 Å². The summed E-state index contributed by atoms with van der Waals surface area (Å²) in [5.41, 5.74) is 0. The summed E-state index contributed by atoms with van der Waals surface area (Å²) >= 11 is 0. The molecule has 1 rings (SSSR count). The van der Waals surface area contributed by atoms with E-state index >= 15 is 0 Å². The maximum absolute atomic E-state index is 3.60. The van der Waals surface area contributed by atoms with Crippen LogP contribution in [0.15, 0.2) is 0 Å². The van der Waals surface area contributed by atoms with Gasteiger partial charge in [0.15, 0.2) is 0 Å². The molecule has 1 aliphatic rings. The average molecular weight is 212 g/mol. The number of nitrogens with zero attached hydrogens (tertiary/aromatic N) is 1. The fraction of sp³-hybridized carbons (Fsp3) is 1.00. The van der Waals surface area contributed by atoms with E-state index in [0.29, 0.717) is 0 Å². The van der Waals surface area contributed by atoms with Crippen molar-refractivity contribution in [3.63, 3.8) is 0 Å². The molecule has 0 unspecified atom stereocenters. The molecule has 0 aromatic heterocycles. The van der Waals surface area contributed by atoms with Crippen LogP contribution in [-0.4, -0.2) is 37.1 Å². The van der Waals surface area contributed by atoms with Crippen LogP contribution in [0.4, 0.5) is 0 Å². The molecular weight excluding hydrogens is 184 g/mol. The molecule has 1 aliphatic carbocycles. The van der Waals surface area contributed by atoms with Gasteiger partial charge in [-0.15, -0.1) is 0 Å². The first-order chi connectivity index (χ1) is 7.36. The zero-order valence-corrected chi connectivity index (χ0v) is 10.6. The van der Waals surface area contributed by atoms with Gasteiger partial charge in [-0.2, -0.15) is 0 Å². The predicted octanol–water partition coefficient (Wildman–Crippen LogP) is 2.64. The highest BCUT2D eigenvalue weighted by Crippen LogP contribution is 2.18. The van der Waals surface area contributed by atoms with Gasteiger partial charge in [0, 0.05) is 19.1 Å². The average Bonchev–Trinajstić information content (AvgIpc) is 3.05. The molecule has 0 radical (unpaired) electrons. The van der Waals surface area contributed by atoms with Gasteiger partial charge < -0.3 is 10.2 Å². The van der Waals surface area contributed by atoms with Crippen LogP contribution in [-0.2, 0) is 0 Å². The zero-order chi connectivity index (χ0) is 10.9. The normalized spacial score (nSPS) is 16.2. The Morgan fingerprint density at radius 2 is 1.60 bits per heavy atom. The maximum Gasteiger partial charge on any atom is 0.0107 e. The van der Waals surface area contributed by atoms with E-state index in [2.05, 4.69) is 24.1 Å². The van der Waals surface area contributed by atoms with Crippen molar-refractivity contribution < 1.29 is 0 Å². The molecular formula is C13H28N2. The summed E-state index contributed by atoms with van der Waals surface area (Å²) in [6, 6.07) is 0.865. The number of hydrogen-bond acceptors (Lipinski definition) is 2. The van der Waals surface area contributed by atoms with Crippen molar-refractivity contribution >= 4 is 0 Å². The molecule has 0 heterocycles. The summed E-state index contributed by atoms with van der Waals surface area (Å²) in [5, 5.41) is 3.60. The molecule has 0 aliphatic heterocycles. The zero-order valence-electron chi connectivity index (χ0n) is 10.6. The Balaban J connectivity index is 2.02. The monoisotopic (exact) mass is 212 g/mol. The molecule has 90 valence electrons. The second-order valence-electron chi connectivity index (χ2n) is 4.78. The second kappa shape index (κ2) is 8.12. The molecule has 0 bridgehead atoms. The van der Waals surface area contributed by atoms with Gasteiger partial charge in [0.05, 0.1) is 0 Å². The predicted molar refractivity (Wildman–Crippen MR) is 67.3 cm³/mol. The van der Waals surface area contributed by atoms with Crippen molar-refractivity contribution in [1.29, 1.82) is 0 Å². The highest BCUT2D eigenvalue weighted by Gasteiger charge is 2.19. The lowest BCUT2D eigenvalue weighted by molar-refractivity contribution is 0.264. The third-order valence-electron chi connectivity index (χ3n) is 3.09. The van der Waals surface area contributed by atoms with Crippen LogP contribution >= 0.6 is 0 Å². The van der Waals surface area contributed by atoms with Crippen LogP contribution < -0.4 is 5.32 Å². The van der Waals surface area contributed by atoms with Crippen LogP contribution in [0.5, 0.6) is 0 Å². The van der Waals surface area contributed by atoms with Crippen molar-refractivity contribution in [3.05, 3.63) is 0 Å². The summed E-state index contributed by atoms with van der Waals surface area (Å²) in [4.78, 5) is 2.63. The van der Waals surface area contributed by atoms with Crippen LogP contribution in [0, 0.1) is 0 Å². The van der Waals surface area contributed by atoms with Gasteiger partial charge in [-0.3, -0.25) is 0 Å². The van der Waals surface area contributed by atoms with Crippen molar-refractivity contribution in [2.45, 2.75) is 58.4 Å². The highest BCUT2D eigenvalue weighted by atomic mass is 15.1. The van der Waals surface area contributed by atoms with E-state index < -0.39 is 0 Å². The smallest absolute Gasteiger partial charge is 0.0107 e. The van der Waals surface area contributed by atoms with Crippen LogP contribution in [0.3, 0.4) is 0 Å². The minimum absolute atomic E-state index is 0.865. The Morgan fingerprint density at radius 1 is 1.00 bits per heavy atom.